The van der Waals surface area contributed by atoms with E-state index in [1.165, 1.54) is 5.56 Å². The van der Waals surface area contributed by atoms with Crippen LogP contribution in [0.1, 0.15) is 73.8 Å². The Labute approximate surface area is 176 Å². The molecule has 1 atom stereocenters. The molecule has 1 aliphatic heterocycles. The number of benzene rings is 2. The van der Waals surface area contributed by atoms with Gasteiger partial charge in [0.15, 0.2) is 0 Å². The summed E-state index contributed by atoms with van der Waals surface area (Å²) in [6.45, 7) is 10.6. The Bertz CT molecular complexity index is 1040. The van der Waals surface area contributed by atoms with E-state index in [1.54, 1.807) is 0 Å². The van der Waals surface area contributed by atoms with Crippen LogP contribution in [-0.4, -0.2) is 26.5 Å². The molecule has 3 aromatic rings. The molecule has 1 unspecified atom stereocenters. The molecule has 0 saturated heterocycles. The van der Waals surface area contributed by atoms with E-state index < -0.39 is 0 Å². The number of amides is 1. The average Bonchev–Trinajstić information content (AvgIpc) is 3.21. The minimum Gasteiger partial charge on any atom is -0.321 e. The van der Waals surface area contributed by atoms with Gasteiger partial charge in [-0.3, -0.25) is 9.89 Å². The molecule has 2 aromatic carbocycles. The number of hydrogen-bond acceptors (Lipinski definition) is 2. The summed E-state index contributed by atoms with van der Waals surface area (Å²) in [5.41, 5.74) is 5.29. The molecule has 0 spiro atoms. The van der Waals surface area contributed by atoms with Gasteiger partial charge in [0.2, 0.25) is 0 Å². The molecule has 5 heteroatoms. The lowest BCUT2D eigenvalue weighted by Gasteiger charge is -2.38. The number of fused-ring (bicyclic) bond motifs is 1. The minimum absolute atomic E-state index is 0.0156. The molecule has 2 heterocycles. The summed E-state index contributed by atoms with van der Waals surface area (Å²) in [7, 11) is 0. The van der Waals surface area contributed by atoms with E-state index in [4.69, 9.17) is 11.6 Å². The molecule has 0 radical (unpaired) electrons. The summed E-state index contributed by atoms with van der Waals surface area (Å²) < 4.78 is 0. The van der Waals surface area contributed by atoms with Gasteiger partial charge in [0.1, 0.15) is 5.69 Å². The summed E-state index contributed by atoms with van der Waals surface area (Å²) in [6, 6.07) is 16.0. The number of carbonyl (C=O) groups is 1. The summed E-state index contributed by atoms with van der Waals surface area (Å²) in [4.78, 5) is 15.3. The van der Waals surface area contributed by atoms with Crippen LogP contribution in [0.4, 0.5) is 0 Å². The van der Waals surface area contributed by atoms with Crippen molar-refractivity contribution in [3.63, 3.8) is 0 Å². The van der Waals surface area contributed by atoms with Gasteiger partial charge in [0.05, 0.1) is 11.7 Å². The molecule has 1 aromatic heterocycles. The van der Waals surface area contributed by atoms with Crippen LogP contribution in [0.3, 0.4) is 0 Å². The van der Waals surface area contributed by atoms with Gasteiger partial charge in [0, 0.05) is 21.7 Å². The van der Waals surface area contributed by atoms with Gasteiger partial charge in [-0.25, -0.2) is 0 Å². The highest BCUT2D eigenvalue weighted by Crippen LogP contribution is 2.46. The van der Waals surface area contributed by atoms with Crippen molar-refractivity contribution in [1.82, 2.24) is 15.1 Å². The van der Waals surface area contributed by atoms with Crippen LogP contribution in [0.25, 0.3) is 11.3 Å². The molecule has 0 bridgehead atoms. The quantitative estimate of drug-likeness (QED) is 0.562. The van der Waals surface area contributed by atoms with Gasteiger partial charge >= 0.3 is 0 Å². The SMILES string of the molecule is CC(C)c1ccc(C2c3c(-c4ccc(Cl)cc4)n[nH]c3C(=O)N2C(C)(C)C)cc1. The van der Waals surface area contributed by atoms with Crippen molar-refractivity contribution >= 4 is 17.5 Å². The first-order valence-corrected chi connectivity index (χ1v) is 10.3. The summed E-state index contributed by atoms with van der Waals surface area (Å²) in [6.07, 6.45) is 0. The third-order valence-electron chi connectivity index (χ3n) is 5.53. The van der Waals surface area contributed by atoms with Gasteiger partial charge in [-0.1, -0.05) is 61.8 Å². The molecule has 150 valence electrons. The molecule has 4 nitrogen and oxygen atoms in total. The van der Waals surface area contributed by atoms with Crippen LogP contribution in [0.15, 0.2) is 48.5 Å². The van der Waals surface area contributed by atoms with E-state index in [9.17, 15) is 4.79 Å². The van der Waals surface area contributed by atoms with Gasteiger partial charge in [-0.15, -0.1) is 0 Å². The molecule has 29 heavy (non-hydrogen) atoms. The standard InChI is InChI=1S/C24H26ClN3O/c1-14(2)15-6-8-17(9-7-15)22-19-20(16-10-12-18(25)13-11-16)26-27-21(19)23(29)28(22)24(3,4)5/h6-14,22H,1-5H3,(H,26,27). The zero-order valence-electron chi connectivity index (χ0n) is 17.5. The lowest BCUT2D eigenvalue weighted by Crippen LogP contribution is -2.44. The Hall–Kier alpha value is -2.59. The van der Waals surface area contributed by atoms with Gasteiger partial charge in [-0.2, -0.15) is 5.10 Å². The van der Waals surface area contributed by atoms with Crippen molar-refractivity contribution in [1.29, 1.82) is 0 Å². The minimum atomic E-state index is -0.338. The van der Waals surface area contributed by atoms with Gasteiger partial charge in [0.25, 0.3) is 5.91 Å². The first kappa shape index (κ1) is 19.7. The zero-order valence-corrected chi connectivity index (χ0v) is 18.2. The van der Waals surface area contributed by atoms with E-state index in [2.05, 4.69) is 69.1 Å². The second-order valence-electron chi connectivity index (χ2n) is 8.94. The lowest BCUT2D eigenvalue weighted by molar-refractivity contribution is 0.0546. The first-order chi connectivity index (χ1) is 13.7. The van der Waals surface area contributed by atoms with Crippen molar-refractivity contribution < 1.29 is 4.79 Å². The van der Waals surface area contributed by atoms with Crippen molar-refractivity contribution in [3.8, 4) is 11.3 Å². The largest absolute Gasteiger partial charge is 0.321 e. The molecule has 0 aliphatic carbocycles. The third kappa shape index (κ3) is 3.36. The summed E-state index contributed by atoms with van der Waals surface area (Å²) >= 11 is 6.07. The zero-order chi connectivity index (χ0) is 20.9. The molecule has 1 aliphatic rings. The van der Waals surface area contributed by atoms with Crippen LogP contribution >= 0.6 is 11.6 Å². The van der Waals surface area contributed by atoms with Gasteiger partial charge in [-0.05, 0) is 49.9 Å². The Morgan fingerprint density at radius 2 is 1.66 bits per heavy atom. The monoisotopic (exact) mass is 407 g/mol. The molecular weight excluding hydrogens is 382 g/mol. The molecule has 1 N–H and O–H groups in total. The fourth-order valence-corrected chi connectivity index (χ4v) is 4.17. The highest BCUT2D eigenvalue weighted by Gasteiger charge is 2.46. The van der Waals surface area contributed by atoms with E-state index in [0.717, 1.165) is 22.4 Å². The first-order valence-electron chi connectivity index (χ1n) is 9.96. The molecule has 0 saturated carbocycles. The van der Waals surface area contributed by atoms with Crippen molar-refractivity contribution in [3.05, 3.63) is 75.9 Å². The number of rotatable bonds is 3. The maximum absolute atomic E-state index is 13.3. The Balaban J connectivity index is 1.89. The number of nitrogens with zero attached hydrogens (tertiary/aromatic N) is 2. The third-order valence-corrected chi connectivity index (χ3v) is 5.78. The number of H-pyrrole nitrogens is 1. The maximum atomic E-state index is 13.3. The smallest absolute Gasteiger partial charge is 0.273 e. The van der Waals surface area contributed by atoms with Crippen LogP contribution in [0.5, 0.6) is 0 Å². The van der Waals surface area contributed by atoms with Crippen LogP contribution < -0.4 is 0 Å². The maximum Gasteiger partial charge on any atom is 0.273 e. The lowest BCUT2D eigenvalue weighted by atomic mass is 9.92. The number of hydrogen-bond donors (Lipinski definition) is 1. The van der Waals surface area contributed by atoms with Gasteiger partial charge < -0.3 is 4.90 Å². The predicted octanol–water partition coefficient (Wildman–Crippen LogP) is 6.20. The van der Waals surface area contributed by atoms with Crippen molar-refractivity contribution in [2.75, 3.05) is 0 Å². The molecule has 0 fully saturated rings. The topological polar surface area (TPSA) is 49.0 Å². The average molecular weight is 408 g/mol. The molecular formula is C24H26ClN3O. The number of aromatic nitrogens is 2. The van der Waals surface area contributed by atoms with Crippen molar-refractivity contribution in [2.45, 2.75) is 52.1 Å². The Morgan fingerprint density at radius 1 is 1.03 bits per heavy atom. The second-order valence-corrected chi connectivity index (χ2v) is 9.37. The van der Waals surface area contributed by atoms with Crippen LogP contribution in [0, 0.1) is 0 Å². The van der Waals surface area contributed by atoms with E-state index in [0.29, 0.717) is 16.6 Å². The van der Waals surface area contributed by atoms with Crippen molar-refractivity contribution in [2.24, 2.45) is 0 Å². The fraction of sp³-hybridized carbons (Fsp3) is 0.333. The normalized spacial score (nSPS) is 16.6. The van der Waals surface area contributed by atoms with E-state index >= 15 is 0 Å². The number of nitrogens with one attached hydrogen (secondary N) is 1. The van der Waals surface area contributed by atoms with E-state index in [-0.39, 0.29) is 17.5 Å². The number of aromatic amines is 1. The second kappa shape index (κ2) is 7.03. The molecule has 1 amide bonds. The Kier molecular flexibility index (Phi) is 4.78. The Morgan fingerprint density at radius 3 is 2.21 bits per heavy atom. The van der Waals surface area contributed by atoms with Crippen LogP contribution in [0.2, 0.25) is 5.02 Å². The summed E-state index contributed by atoms with van der Waals surface area (Å²) in [5.74, 6) is 0.445. The highest BCUT2D eigenvalue weighted by atomic mass is 35.5. The fourth-order valence-electron chi connectivity index (χ4n) is 4.05. The summed E-state index contributed by atoms with van der Waals surface area (Å²) in [5, 5.41) is 8.19. The number of carbonyl (C=O) groups excluding carboxylic acids is 1. The number of halogens is 1. The molecule has 4 rings (SSSR count). The highest BCUT2D eigenvalue weighted by molar-refractivity contribution is 6.30. The predicted molar refractivity (Wildman–Crippen MR) is 117 cm³/mol. The van der Waals surface area contributed by atoms with Crippen LogP contribution in [-0.2, 0) is 0 Å². The van der Waals surface area contributed by atoms with E-state index in [1.807, 2.05) is 29.2 Å².